The number of nitrogens with two attached hydrogens (primary N) is 1. The Bertz CT molecular complexity index is 697. The summed E-state index contributed by atoms with van der Waals surface area (Å²) in [6.45, 7) is 10.00. The van der Waals surface area contributed by atoms with Gasteiger partial charge in [-0.3, -0.25) is 4.99 Å². The number of aliphatic imine (C=N–C) groups is 1. The Labute approximate surface area is 153 Å². The minimum atomic E-state index is -0.0591. The number of nitrogens with one attached hydrogen (secondary N) is 1. The van der Waals surface area contributed by atoms with Gasteiger partial charge in [-0.25, -0.2) is 0 Å². The summed E-state index contributed by atoms with van der Waals surface area (Å²) in [7, 11) is 0. The third-order valence-electron chi connectivity index (χ3n) is 3.66. The number of ether oxygens (including phenoxy) is 2. The summed E-state index contributed by atoms with van der Waals surface area (Å²) in [5, 5.41) is 5.22. The Morgan fingerprint density at radius 1 is 1.20 bits per heavy atom. The normalized spacial score (nSPS) is 12.1. The highest BCUT2D eigenvalue weighted by Crippen LogP contribution is 2.30. The van der Waals surface area contributed by atoms with Crippen LogP contribution in [-0.4, -0.2) is 25.7 Å². The maximum absolute atomic E-state index is 6.10. The zero-order valence-electron chi connectivity index (χ0n) is 15.3. The van der Waals surface area contributed by atoms with Crippen LogP contribution in [0.1, 0.15) is 32.6 Å². The van der Waals surface area contributed by atoms with Gasteiger partial charge in [0.15, 0.2) is 5.96 Å². The standard InChI is InChI=1S/C19H27N3O2S/c1-5-23-14-9-10-16(24-6-2)15(12-14)22-18(20)21-13-19(3,4)17-8-7-11-25-17/h7-12H,5-6,13H2,1-4H3,(H3,20,21,22). The fourth-order valence-electron chi connectivity index (χ4n) is 2.35. The molecule has 0 fully saturated rings. The second-order valence-electron chi connectivity index (χ2n) is 6.21. The quantitative estimate of drug-likeness (QED) is 0.545. The highest BCUT2D eigenvalue weighted by molar-refractivity contribution is 7.10. The predicted molar refractivity (Wildman–Crippen MR) is 106 cm³/mol. The summed E-state index contributed by atoms with van der Waals surface area (Å²) in [5.74, 6) is 1.85. The van der Waals surface area contributed by atoms with Crippen LogP contribution in [0.3, 0.4) is 0 Å². The van der Waals surface area contributed by atoms with Gasteiger partial charge in [0.1, 0.15) is 11.5 Å². The van der Waals surface area contributed by atoms with E-state index in [2.05, 4.69) is 41.7 Å². The van der Waals surface area contributed by atoms with Crippen molar-refractivity contribution in [3.8, 4) is 11.5 Å². The molecule has 1 aromatic carbocycles. The maximum Gasteiger partial charge on any atom is 0.193 e. The zero-order valence-corrected chi connectivity index (χ0v) is 16.2. The van der Waals surface area contributed by atoms with Crippen LogP contribution in [0, 0.1) is 0 Å². The van der Waals surface area contributed by atoms with E-state index in [1.165, 1.54) is 4.88 Å². The van der Waals surface area contributed by atoms with Gasteiger partial charge in [0.25, 0.3) is 0 Å². The third kappa shape index (κ3) is 5.39. The summed E-state index contributed by atoms with van der Waals surface area (Å²) in [6, 6.07) is 9.82. The van der Waals surface area contributed by atoms with Crippen LogP contribution in [0.4, 0.5) is 5.69 Å². The molecule has 1 heterocycles. The van der Waals surface area contributed by atoms with Gasteiger partial charge in [-0.15, -0.1) is 11.3 Å². The highest BCUT2D eigenvalue weighted by atomic mass is 32.1. The van der Waals surface area contributed by atoms with Crippen LogP contribution in [0.15, 0.2) is 40.7 Å². The van der Waals surface area contributed by atoms with E-state index in [0.717, 1.165) is 17.2 Å². The van der Waals surface area contributed by atoms with Crippen molar-refractivity contribution in [3.63, 3.8) is 0 Å². The number of thiophene rings is 1. The number of benzene rings is 1. The summed E-state index contributed by atoms with van der Waals surface area (Å²) >= 11 is 1.73. The molecule has 0 unspecified atom stereocenters. The number of rotatable bonds is 8. The van der Waals surface area contributed by atoms with Crippen molar-refractivity contribution in [1.29, 1.82) is 0 Å². The monoisotopic (exact) mass is 361 g/mol. The van der Waals surface area contributed by atoms with Gasteiger partial charge < -0.3 is 20.5 Å². The molecule has 5 nitrogen and oxygen atoms in total. The van der Waals surface area contributed by atoms with Crippen molar-refractivity contribution in [3.05, 3.63) is 40.6 Å². The molecular weight excluding hydrogens is 334 g/mol. The molecule has 0 aliphatic rings. The Hall–Kier alpha value is -2.21. The van der Waals surface area contributed by atoms with Crippen LogP contribution in [0.5, 0.6) is 11.5 Å². The van der Waals surface area contributed by atoms with Crippen LogP contribution in [0.2, 0.25) is 0 Å². The molecule has 0 radical (unpaired) electrons. The number of anilines is 1. The SMILES string of the molecule is CCOc1ccc(OCC)c(NC(N)=NCC(C)(C)c2cccs2)c1. The molecule has 2 rings (SSSR count). The van der Waals surface area contributed by atoms with E-state index in [1.807, 2.05) is 32.0 Å². The Kier molecular flexibility index (Phi) is 6.70. The highest BCUT2D eigenvalue weighted by Gasteiger charge is 2.21. The summed E-state index contributed by atoms with van der Waals surface area (Å²) in [6.07, 6.45) is 0. The molecule has 6 heteroatoms. The number of nitrogens with zero attached hydrogens (tertiary/aromatic N) is 1. The summed E-state index contributed by atoms with van der Waals surface area (Å²) in [5.41, 5.74) is 6.79. The van der Waals surface area contributed by atoms with Crippen molar-refractivity contribution in [1.82, 2.24) is 0 Å². The smallest absolute Gasteiger partial charge is 0.193 e. The van der Waals surface area contributed by atoms with E-state index in [1.54, 1.807) is 11.3 Å². The Morgan fingerprint density at radius 3 is 2.60 bits per heavy atom. The van der Waals surface area contributed by atoms with Crippen molar-refractivity contribution >= 4 is 23.0 Å². The van der Waals surface area contributed by atoms with E-state index in [9.17, 15) is 0 Å². The van der Waals surface area contributed by atoms with Crippen LogP contribution >= 0.6 is 11.3 Å². The van der Waals surface area contributed by atoms with E-state index in [-0.39, 0.29) is 5.41 Å². The molecule has 0 saturated carbocycles. The maximum atomic E-state index is 6.10. The van der Waals surface area contributed by atoms with Crippen molar-refractivity contribution in [2.24, 2.45) is 10.7 Å². The Morgan fingerprint density at radius 2 is 1.96 bits per heavy atom. The summed E-state index contributed by atoms with van der Waals surface area (Å²) in [4.78, 5) is 5.81. The van der Waals surface area contributed by atoms with Crippen molar-refractivity contribution < 1.29 is 9.47 Å². The fourth-order valence-corrected chi connectivity index (χ4v) is 3.19. The topological polar surface area (TPSA) is 68.9 Å². The molecule has 0 aliphatic heterocycles. The van der Waals surface area contributed by atoms with E-state index < -0.39 is 0 Å². The zero-order chi connectivity index (χ0) is 18.3. The van der Waals surface area contributed by atoms with Gasteiger partial charge in [-0.2, -0.15) is 0 Å². The molecule has 2 aromatic rings. The molecule has 1 aromatic heterocycles. The lowest BCUT2D eigenvalue weighted by atomic mass is 9.92. The average molecular weight is 362 g/mol. The molecule has 0 amide bonds. The molecule has 0 spiro atoms. The summed E-state index contributed by atoms with van der Waals surface area (Å²) < 4.78 is 11.2. The van der Waals surface area contributed by atoms with Crippen LogP contribution in [0.25, 0.3) is 0 Å². The number of guanidine groups is 1. The molecule has 3 N–H and O–H groups in total. The molecule has 0 atom stereocenters. The molecule has 0 aliphatic carbocycles. The first-order valence-corrected chi connectivity index (χ1v) is 9.34. The molecular formula is C19H27N3O2S. The van der Waals surface area contributed by atoms with Crippen LogP contribution in [-0.2, 0) is 5.41 Å². The van der Waals surface area contributed by atoms with Gasteiger partial charge in [0.05, 0.1) is 25.4 Å². The third-order valence-corrected chi connectivity index (χ3v) is 4.89. The molecule has 0 saturated heterocycles. The molecule has 136 valence electrons. The van der Waals surface area contributed by atoms with E-state index in [0.29, 0.717) is 25.7 Å². The van der Waals surface area contributed by atoms with Crippen molar-refractivity contribution in [2.75, 3.05) is 25.1 Å². The minimum absolute atomic E-state index is 0.0591. The van der Waals surface area contributed by atoms with Gasteiger partial charge in [-0.1, -0.05) is 19.9 Å². The van der Waals surface area contributed by atoms with Crippen molar-refractivity contribution in [2.45, 2.75) is 33.1 Å². The largest absolute Gasteiger partial charge is 0.494 e. The van der Waals surface area contributed by atoms with E-state index >= 15 is 0 Å². The predicted octanol–water partition coefficient (Wildman–Crippen LogP) is 4.25. The lowest BCUT2D eigenvalue weighted by molar-refractivity contribution is 0.332. The fraction of sp³-hybridized carbons (Fsp3) is 0.421. The first-order valence-electron chi connectivity index (χ1n) is 8.47. The van der Waals surface area contributed by atoms with Gasteiger partial charge >= 0.3 is 0 Å². The first kappa shape index (κ1) is 19.1. The lowest BCUT2D eigenvalue weighted by Crippen LogP contribution is -2.27. The van der Waals surface area contributed by atoms with E-state index in [4.69, 9.17) is 15.2 Å². The second-order valence-corrected chi connectivity index (χ2v) is 7.16. The number of hydrogen-bond donors (Lipinski definition) is 2. The molecule has 0 bridgehead atoms. The van der Waals surface area contributed by atoms with Gasteiger partial charge in [-0.05, 0) is 37.4 Å². The second kappa shape index (κ2) is 8.76. The first-order chi connectivity index (χ1) is 12.0. The van der Waals surface area contributed by atoms with Gasteiger partial charge in [0, 0.05) is 16.4 Å². The average Bonchev–Trinajstić information content (AvgIpc) is 3.11. The minimum Gasteiger partial charge on any atom is -0.494 e. The van der Waals surface area contributed by atoms with Crippen LogP contribution < -0.4 is 20.5 Å². The lowest BCUT2D eigenvalue weighted by Gasteiger charge is -2.21. The Balaban J connectivity index is 2.12. The molecule has 25 heavy (non-hydrogen) atoms. The number of hydrogen-bond acceptors (Lipinski definition) is 4. The van der Waals surface area contributed by atoms with Gasteiger partial charge in [0.2, 0.25) is 0 Å².